The van der Waals surface area contributed by atoms with E-state index in [0.29, 0.717) is 11.7 Å². The minimum absolute atomic E-state index is 0.0483. The Labute approximate surface area is 120 Å². The summed E-state index contributed by atoms with van der Waals surface area (Å²) < 4.78 is 11.1. The largest absolute Gasteiger partial charge is 0.367 e. The van der Waals surface area contributed by atoms with Crippen molar-refractivity contribution in [2.24, 2.45) is 5.73 Å². The molecule has 1 aliphatic rings. The lowest BCUT2D eigenvalue weighted by Gasteiger charge is -2.30. The van der Waals surface area contributed by atoms with Crippen LogP contribution in [-0.4, -0.2) is 47.3 Å². The maximum atomic E-state index is 6.03. The van der Waals surface area contributed by atoms with Crippen LogP contribution in [0.1, 0.15) is 57.3 Å². The Hall–Kier alpha value is -0.980. The van der Waals surface area contributed by atoms with Crippen LogP contribution < -0.4 is 5.73 Å². The van der Waals surface area contributed by atoms with Crippen LogP contribution in [0.2, 0.25) is 0 Å². The summed E-state index contributed by atoms with van der Waals surface area (Å²) in [7, 11) is 0. The third-order valence-corrected chi connectivity index (χ3v) is 3.94. The van der Waals surface area contributed by atoms with Crippen LogP contribution in [0.4, 0.5) is 0 Å². The van der Waals surface area contributed by atoms with Crippen molar-refractivity contribution in [2.45, 2.75) is 51.7 Å². The molecule has 2 N–H and O–H groups in total. The van der Waals surface area contributed by atoms with E-state index < -0.39 is 0 Å². The number of nitrogens with zero attached hydrogens (tertiary/aromatic N) is 3. The molecule has 0 amide bonds. The second-order valence-corrected chi connectivity index (χ2v) is 5.51. The van der Waals surface area contributed by atoms with Gasteiger partial charge in [-0.2, -0.15) is 4.98 Å². The zero-order valence-corrected chi connectivity index (χ0v) is 12.7. The van der Waals surface area contributed by atoms with E-state index in [1.165, 1.54) is 0 Å². The molecule has 1 aliphatic heterocycles. The highest BCUT2D eigenvalue weighted by Crippen LogP contribution is 2.23. The second kappa shape index (κ2) is 7.15. The fourth-order valence-corrected chi connectivity index (χ4v) is 2.48. The number of nitrogens with two attached hydrogens (primary N) is 1. The van der Waals surface area contributed by atoms with Crippen LogP contribution >= 0.6 is 0 Å². The molecule has 20 heavy (non-hydrogen) atoms. The molecule has 6 nitrogen and oxygen atoms in total. The molecule has 2 heterocycles. The van der Waals surface area contributed by atoms with E-state index in [-0.39, 0.29) is 18.1 Å². The van der Waals surface area contributed by atoms with Gasteiger partial charge in [0.2, 0.25) is 11.7 Å². The molecule has 0 aliphatic carbocycles. The van der Waals surface area contributed by atoms with E-state index in [0.717, 1.165) is 39.1 Å². The Kier molecular flexibility index (Phi) is 5.51. The predicted molar refractivity (Wildman–Crippen MR) is 76.4 cm³/mol. The normalized spacial score (nSPS) is 23.7. The summed E-state index contributed by atoms with van der Waals surface area (Å²) in [4.78, 5) is 6.87. The van der Waals surface area contributed by atoms with Gasteiger partial charge in [-0.3, -0.25) is 4.90 Å². The molecule has 1 fully saturated rings. The molecule has 0 radical (unpaired) electrons. The monoisotopic (exact) mass is 282 g/mol. The van der Waals surface area contributed by atoms with E-state index in [1.54, 1.807) is 0 Å². The zero-order valence-electron chi connectivity index (χ0n) is 12.7. The molecule has 2 rings (SSSR count). The minimum Gasteiger partial charge on any atom is -0.367 e. The van der Waals surface area contributed by atoms with Crippen molar-refractivity contribution < 1.29 is 9.26 Å². The zero-order chi connectivity index (χ0) is 14.5. The highest BCUT2D eigenvalue weighted by Gasteiger charge is 2.27. The van der Waals surface area contributed by atoms with Crippen LogP contribution in [0, 0.1) is 0 Å². The van der Waals surface area contributed by atoms with Crippen molar-refractivity contribution in [1.82, 2.24) is 15.0 Å². The molecule has 0 spiro atoms. The first-order valence-corrected chi connectivity index (χ1v) is 7.58. The SMILES string of the molecule is CCCN1CCOC(c2noc(C(C)C(N)CC)n2)C1. The van der Waals surface area contributed by atoms with E-state index in [9.17, 15) is 0 Å². The lowest BCUT2D eigenvalue weighted by Crippen LogP contribution is -2.39. The van der Waals surface area contributed by atoms with Crippen molar-refractivity contribution in [3.05, 3.63) is 11.7 Å². The average molecular weight is 282 g/mol. The fourth-order valence-electron chi connectivity index (χ4n) is 2.48. The first kappa shape index (κ1) is 15.4. The van der Waals surface area contributed by atoms with Crippen LogP contribution in [0.3, 0.4) is 0 Å². The number of ether oxygens (including phenoxy) is 1. The second-order valence-electron chi connectivity index (χ2n) is 5.51. The van der Waals surface area contributed by atoms with Crippen LogP contribution in [0.5, 0.6) is 0 Å². The van der Waals surface area contributed by atoms with Crippen molar-refractivity contribution in [2.75, 3.05) is 26.2 Å². The fraction of sp³-hybridized carbons (Fsp3) is 0.857. The van der Waals surface area contributed by atoms with Gasteiger partial charge >= 0.3 is 0 Å². The third-order valence-electron chi connectivity index (χ3n) is 3.94. The van der Waals surface area contributed by atoms with E-state index in [1.807, 2.05) is 6.92 Å². The summed E-state index contributed by atoms with van der Waals surface area (Å²) in [6, 6.07) is 0.0483. The standard InChI is InChI=1S/C14H26N4O2/c1-4-6-18-7-8-19-12(9-18)13-16-14(20-17-13)10(3)11(15)5-2/h10-12H,4-9,15H2,1-3H3. The lowest BCUT2D eigenvalue weighted by molar-refractivity contribution is -0.0350. The smallest absolute Gasteiger partial charge is 0.231 e. The molecule has 3 atom stereocenters. The Morgan fingerprint density at radius 3 is 2.95 bits per heavy atom. The summed E-state index contributed by atoms with van der Waals surface area (Å²) >= 11 is 0. The summed E-state index contributed by atoms with van der Waals surface area (Å²) in [5, 5.41) is 4.08. The van der Waals surface area contributed by atoms with Gasteiger partial charge in [0, 0.05) is 19.1 Å². The molecule has 0 aromatic carbocycles. The maximum Gasteiger partial charge on any atom is 0.231 e. The summed E-state index contributed by atoms with van der Waals surface area (Å²) in [6.45, 7) is 9.89. The number of hydrogen-bond donors (Lipinski definition) is 1. The van der Waals surface area contributed by atoms with Gasteiger partial charge in [0.15, 0.2) is 0 Å². The van der Waals surface area contributed by atoms with Crippen molar-refractivity contribution in [3.8, 4) is 0 Å². The van der Waals surface area contributed by atoms with Crippen LogP contribution in [0.15, 0.2) is 4.52 Å². The summed E-state index contributed by atoms with van der Waals surface area (Å²) in [5.74, 6) is 1.35. The average Bonchev–Trinajstić information content (AvgIpc) is 2.96. The van der Waals surface area contributed by atoms with E-state index >= 15 is 0 Å². The van der Waals surface area contributed by atoms with Gasteiger partial charge < -0.3 is 15.0 Å². The third kappa shape index (κ3) is 3.56. The Morgan fingerprint density at radius 2 is 2.25 bits per heavy atom. The molecular weight excluding hydrogens is 256 g/mol. The van der Waals surface area contributed by atoms with Gasteiger partial charge in [-0.15, -0.1) is 0 Å². The number of aromatic nitrogens is 2. The highest BCUT2D eigenvalue weighted by atomic mass is 16.5. The van der Waals surface area contributed by atoms with Crippen molar-refractivity contribution in [1.29, 1.82) is 0 Å². The number of hydrogen-bond acceptors (Lipinski definition) is 6. The van der Waals surface area contributed by atoms with E-state index in [2.05, 4.69) is 28.9 Å². The molecule has 1 aromatic rings. The van der Waals surface area contributed by atoms with Gasteiger partial charge in [0.25, 0.3) is 0 Å². The maximum absolute atomic E-state index is 6.03. The highest BCUT2D eigenvalue weighted by molar-refractivity contribution is 5.00. The van der Waals surface area contributed by atoms with Gasteiger partial charge in [-0.1, -0.05) is 25.9 Å². The van der Waals surface area contributed by atoms with Gasteiger partial charge in [0.05, 0.1) is 12.5 Å². The van der Waals surface area contributed by atoms with E-state index in [4.69, 9.17) is 15.0 Å². The molecular formula is C14H26N4O2. The number of rotatable bonds is 6. The molecule has 0 bridgehead atoms. The first-order chi connectivity index (χ1) is 9.65. The lowest BCUT2D eigenvalue weighted by atomic mass is 10.0. The number of morpholine rings is 1. The predicted octanol–water partition coefficient (Wildman–Crippen LogP) is 1.69. The van der Waals surface area contributed by atoms with Gasteiger partial charge in [0.1, 0.15) is 6.10 Å². The molecule has 3 unspecified atom stereocenters. The molecule has 0 saturated carbocycles. The topological polar surface area (TPSA) is 77.4 Å². The van der Waals surface area contributed by atoms with Crippen LogP contribution in [-0.2, 0) is 4.74 Å². The quantitative estimate of drug-likeness (QED) is 0.855. The van der Waals surface area contributed by atoms with Crippen LogP contribution in [0.25, 0.3) is 0 Å². The minimum atomic E-state index is -0.0853. The van der Waals surface area contributed by atoms with Gasteiger partial charge in [-0.25, -0.2) is 0 Å². The van der Waals surface area contributed by atoms with Crippen molar-refractivity contribution >= 4 is 0 Å². The summed E-state index contributed by atoms with van der Waals surface area (Å²) in [6.07, 6.45) is 1.95. The molecule has 1 aromatic heterocycles. The first-order valence-electron chi connectivity index (χ1n) is 7.58. The summed E-state index contributed by atoms with van der Waals surface area (Å²) in [5.41, 5.74) is 6.03. The van der Waals surface area contributed by atoms with Gasteiger partial charge in [-0.05, 0) is 19.4 Å². The molecule has 6 heteroatoms. The Balaban J connectivity index is 2.01. The Bertz CT molecular complexity index is 408. The Morgan fingerprint density at radius 1 is 1.45 bits per heavy atom. The molecule has 114 valence electrons. The molecule has 1 saturated heterocycles. The van der Waals surface area contributed by atoms with Crippen molar-refractivity contribution in [3.63, 3.8) is 0 Å².